The Bertz CT molecular complexity index is 707. The first kappa shape index (κ1) is 19.1. The smallest absolute Gasteiger partial charge is 0.161 e. The highest BCUT2D eigenvalue weighted by Gasteiger charge is 2.14. The molecule has 6 heteroatoms. The number of ether oxygens (including phenoxy) is 2. The van der Waals surface area contributed by atoms with Gasteiger partial charge in [0.25, 0.3) is 0 Å². The second-order valence-corrected chi connectivity index (χ2v) is 6.11. The summed E-state index contributed by atoms with van der Waals surface area (Å²) in [7, 11) is 3.14. The zero-order valence-electron chi connectivity index (χ0n) is 15.0. The Morgan fingerprint density at radius 3 is 2.44 bits per heavy atom. The molecule has 0 amide bonds. The third-order valence-electron chi connectivity index (χ3n) is 4.13. The lowest BCUT2D eigenvalue weighted by Crippen LogP contribution is -2.36. The van der Waals surface area contributed by atoms with Gasteiger partial charge in [0.15, 0.2) is 11.5 Å². The Morgan fingerprint density at radius 2 is 1.84 bits per heavy atom. The SMILES string of the molecule is COc1ccc(-c2ccc(F)c(CN[C@@H](CO)C(C)C)n2)cc1OC. The number of pyridine rings is 1. The summed E-state index contributed by atoms with van der Waals surface area (Å²) in [5.41, 5.74) is 1.76. The average Bonchev–Trinajstić information content (AvgIpc) is 2.62. The molecule has 2 N–H and O–H groups in total. The number of hydrogen-bond acceptors (Lipinski definition) is 5. The lowest BCUT2D eigenvalue weighted by Gasteiger charge is -2.20. The topological polar surface area (TPSA) is 63.6 Å². The normalized spacial score (nSPS) is 12.3. The summed E-state index contributed by atoms with van der Waals surface area (Å²) in [5, 5.41) is 12.5. The van der Waals surface area contributed by atoms with Gasteiger partial charge in [0.1, 0.15) is 5.82 Å². The fourth-order valence-corrected chi connectivity index (χ4v) is 2.50. The molecule has 1 atom stereocenters. The molecule has 0 aliphatic carbocycles. The summed E-state index contributed by atoms with van der Waals surface area (Å²) in [6.45, 7) is 4.24. The van der Waals surface area contributed by atoms with Gasteiger partial charge in [-0.1, -0.05) is 13.8 Å². The Morgan fingerprint density at radius 1 is 1.12 bits per heavy atom. The maximum Gasteiger partial charge on any atom is 0.161 e. The van der Waals surface area contributed by atoms with Gasteiger partial charge < -0.3 is 19.9 Å². The molecule has 0 bridgehead atoms. The van der Waals surface area contributed by atoms with Gasteiger partial charge in [-0.25, -0.2) is 9.37 Å². The fraction of sp³-hybridized carbons (Fsp3) is 0.421. The molecule has 0 aliphatic heterocycles. The van der Waals surface area contributed by atoms with Gasteiger partial charge in [0.05, 0.1) is 32.2 Å². The van der Waals surface area contributed by atoms with Crippen molar-refractivity contribution in [3.05, 3.63) is 41.8 Å². The number of rotatable bonds is 8. The molecular formula is C19H25FN2O3. The van der Waals surface area contributed by atoms with Gasteiger partial charge >= 0.3 is 0 Å². The van der Waals surface area contributed by atoms with Crippen molar-refractivity contribution in [3.63, 3.8) is 0 Å². The second kappa shape index (κ2) is 8.78. The Kier molecular flexibility index (Phi) is 6.73. The predicted octanol–water partition coefficient (Wildman–Crippen LogP) is 3.01. The number of aliphatic hydroxyl groups excluding tert-OH is 1. The molecule has 0 fully saturated rings. The van der Waals surface area contributed by atoms with E-state index in [4.69, 9.17) is 9.47 Å². The van der Waals surface area contributed by atoms with Crippen molar-refractivity contribution in [2.24, 2.45) is 5.92 Å². The minimum atomic E-state index is -0.378. The van der Waals surface area contributed by atoms with Crippen LogP contribution in [0.25, 0.3) is 11.3 Å². The molecule has 5 nitrogen and oxygen atoms in total. The van der Waals surface area contributed by atoms with Crippen LogP contribution >= 0.6 is 0 Å². The van der Waals surface area contributed by atoms with E-state index in [2.05, 4.69) is 10.3 Å². The number of benzene rings is 1. The van der Waals surface area contributed by atoms with Crippen LogP contribution in [0.3, 0.4) is 0 Å². The molecule has 0 aliphatic rings. The molecule has 136 valence electrons. The van der Waals surface area contributed by atoms with Gasteiger partial charge in [0.2, 0.25) is 0 Å². The second-order valence-electron chi connectivity index (χ2n) is 6.11. The molecule has 1 aromatic carbocycles. The molecule has 2 aromatic rings. The van der Waals surface area contributed by atoms with Crippen LogP contribution in [-0.4, -0.2) is 37.0 Å². The summed E-state index contributed by atoms with van der Waals surface area (Å²) < 4.78 is 24.6. The van der Waals surface area contributed by atoms with Crippen molar-refractivity contribution in [2.45, 2.75) is 26.4 Å². The number of aliphatic hydroxyl groups is 1. The fourth-order valence-electron chi connectivity index (χ4n) is 2.50. The average molecular weight is 348 g/mol. The molecule has 25 heavy (non-hydrogen) atoms. The number of nitrogens with one attached hydrogen (secondary N) is 1. The van der Waals surface area contributed by atoms with E-state index in [1.807, 2.05) is 19.9 Å². The van der Waals surface area contributed by atoms with Gasteiger partial charge in [0, 0.05) is 18.2 Å². The van der Waals surface area contributed by atoms with E-state index < -0.39 is 0 Å². The van der Waals surface area contributed by atoms with Crippen molar-refractivity contribution in [1.82, 2.24) is 10.3 Å². The van der Waals surface area contributed by atoms with Crippen LogP contribution in [0.2, 0.25) is 0 Å². The minimum absolute atomic E-state index is 0.00530. The predicted molar refractivity (Wildman–Crippen MR) is 95.3 cm³/mol. The highest BCUT2D eigenvalue weighted by Crippen LogP contribution is 2.31. The number of halogens is 1. The van der Waals surface area contributed by atoms with E-state index in [9.17, 15) is 9.50 Å². The largest absolute Gasteiger partial charge is 0.493 e. The highest BCUT2D eigenvalue weighted by atomic mass is 19.1. The van der Waals surface area contributed by atoms with Crippen LogP contribution in [0, 0.1) is 11.7 Å². The molecule has 1 aromatic heterocycles. The van der Waals surface area contributed by atoms with Crippen molar-refractivity contribution < 1.29 is 19.0 Å². The summed E-state index contributed by atoms with van der Waals surface area (Å²) in [6.07, 6.45) is 0. The van der Waals surface area contributed by atoms with Crippen molar-refractivity contribution >= 4 is 0 Å². The van der Waals surface area contributed by atoms with Crippen molar-refractivity contribution in [1.29, 1.82) is 0 Å². The Balaban J connectivity index is 2.26. The van der Waals surface area contributed by atoms with E-state index in [1.54, 1.807) is 32.4 Å². The molecule has 0 saturated heterocycles. The zero-order chi connectivity index (χ0) is 18.4. The van der Waals surface area contributed by atoms with Crippen LogP contribution in [0.15, 0.2) is 30.3 Å². The number of methoxy groups -OCH3 is 2. The van der Waals surface area contributed by atoms with Crippen LogP contribution in [0.5, 0.6) is 11.5 Å². The first-order chi connectivity index (χ1) is 12.0. The van der Waals surface area contributed by atoms with Crippen molar-refractivity contribution in [3.8, 4) is 22.8 Å². The maximum atomic E-state index is 14.1. The first-order valence-electron chi connectivity index (χ1n) is 8.22. The molecule has 2 rings (SSSR count). The van der Waals surface area contributed by atoms with E-state index in [0.717, 1.165) is 5.56 Å². The third kappa shape index (κ3) is 4.67. The summed E-state index contributed by atoms with van der Waals surface area (Å²) in [5.74, 6) is 1.07. The van der Waals surface area contributed by atoms with Crippen molar-refractivity contribution in [2.75, 3.05) is 20.8 Å². The molecule has 0 spiro atoms. The standard InChI is InChI=1S/C19H25FN2O3/c1-12(2)17(11-23)21-10-16-14(20)6-7-15(22-16)13-5-8-18(24-3)19(9-13)25-4/h5-9,12,17,21,23H,10-11H2,1-4H3/t17-/m0/s1. The van der Waals surface area contributed by atoms with Gasteiger partial charge in [-0.3, -0.25) is 0 Å². The molecule has 0 radical (unpaired) electrons. The minimum Gasteiger partial charge on any atom is -0.493 e. The van der Waals surface area contributed by atoms with E-state index in [1.165, 1.54) is 6.07 Å². The van der Waals surface area contributed by atoms with Crippen LogP contribution in [0.4, 0.5) is 4.39 Å². The van der Waals surface area contributed by atoms with Crippen LogP contribution in [0.1, 0.15) is 19.5 Å². The first-order valence-corrected chi connectivity index (χ1v) is 8.22. The van der Waals surface area contributed by atoms with Gasteiger partial charge in [-0.2, -0.15) is 0 Å². The highest BCUT2D eigenvalue weighted by molar-refractivity contribution is 5.64. The monoisotopic (exact) mass is 348 g/mol. The third-order valence-corrected chi connectivity index (χ3v) is 4.13. The van der Waals surface area contributed by atoms with Crippen LogP contribution < -0.4 is 14.8 Å². The van der Waals surface area contributed by atoms with E-state index in [0.29, 0.717) is 22.9 Å². The number of nitrogens with zero attached hydrogens (tertiary/aromatic N) is 1. The summed E-state index contributed by atoms with van der Waals surface area (Å²) in [6, 6.07) is 8.37. The summed E-state index contributed by atoms with van der Waals surface area (Å²) >= 11 is 0. The van der Waals surface area contributed by atoms with Gasteiger partial charge in [-0.05, 0) is 36.2 Å². The molecule has 0 saturated carbocycles. The van der Waals surface area contributed by atoms with E-state index in [-0.39, 0.29) is 30.9 Å². The quantitative estimate of drug-likeness (QED) is 0.768. The lowest BCUT2D eigenvalue weighted by molar-refractivity contribution is 0.209. The Hall–Kier alpha value is -2.18. The number of aromatic nitrogens is 1. The molecule has 1 heterocycles. The van der Waals surface area contributed by atoms with Crippen LogP contribution in [-0.2, 0) is 6.54 Å². The zero-order valence-corrected chi connectivity index (χ0v) is 15.0. The lowest BCUT2D eigenvalue weighted by atomic mass is 10.1. The summed E-state index contributed by atoms with van der Waals surface area (Å²) in [4.78, 5) is 4.42. The molecular weight excluding hydrogens is 323 g/mol. The van der Waals surface area contributed by atoms with E-state index >= 15 is 0 Å². The molecule has 0 unspecified atom stereocenters. The van der Waals surface area contributed by atoms with Gasteiger partial charge in [-0.15, -0.1) is 0 Å². The number of hydrogen-bond donors (Lipinski definition) is 2. The Labute approximate surface area is 147 Å². The maximum absolute atomic E-state index is 14.1.